The summed E-state index contributed by atoms with van der Waals surface area (Å²) in [7, 11) is 1.69. The molecule has 1 saturated heterocycles. The number of aromatic nitrogens is 4. The molecule has 31 heavy (non-hydrogen) atoms. The largest absolute Gasteiger partial charge is 0.475 e. The molecule has 4 rings (SSSR count). The Kier molecular flexibility index (Phi) is 8.12. The summed E-state index contributed by atoms with van der Waals surface area (Å²) in [4.78, 5) is 11.2. The van der Waals surface area contributed by atoms with Crippen LogP contribution in [0.5, 0.6) is 5.88 Å². The number of halogens is 1. The molecule has 9 nitrogen and oxygen atoms in total. The van der Waals surface area contributed by atoms with Crippen molar-refractivity contribution < 1.29 is 14.2 Å². The summed E-state index contributed by atoms with van der Waals surface area (Å²) in [5.74, 6) is 1.10. The number of hydrogen-bond acceptors (Lipinski definition) is 8. The molecule has 0 radical (unpaired) electrons. The molecule has 1 aliphatic heterocycles. The number of anilines is 2. The maximum Gasteiger partial charge on any atom is 0.256 e. The lowest BCUT2D eigenvalue weighted by Crippen LogP contribution is -2.45. The lowest BCUT2D eigenvalue weighted by atomic mass is 9.90. The summed E-state index contributed by atoms with van der Waals surface area (Å²) in [5, 5.41) is 8.03. The van der Waals surface area contributed by atoms with Crippen LogP contribution in [0.2, 0.25) is 0 Å². The lowest BCUT2D eigenvalue weighted by molar-refractivity contribution is 0.00503. The van der Waals surface area contributed by atoms with E-state index in [0.29, 0.717) is 37.1 Å². The van der Waals surface area contributed by atoms with E-state index in [1.165, 1.54) is 12.8 Å². The summed E-state index contributed by atoms with van der Waals surface area (Å²) in [6.45, 7) is 5.02. The first kappa shape index (κ1) is 22.4. The van der Waals surface area contributed by atoms with Gasteiger partial charge in [0.15, 0.2) is 0 Å². The summed E-state index contributed by atoms with van der Waals surface area (Å²) >= 11 is 3.37. The van der Waals surface area contributed by atoms with E-state index in [9.17, 15) is 0 Å². The van der Waals surface area contributed by atoms with E-state index in [0.717, 1.165) is 55.7 Å². The Morgan fingerprint density at radius 2 is 1.81 bits per heavy atom. The Labute approximate surface area is 191 Å². The minimum Gasteiger partial charge on any atom is -0.475 e. The number of methoxy groups -OCH3 is 1. The van der Waals surface area contributed by atoms with Gasteiger partial charge in [-0.25, -0.2) is 9.97 Å². The predicted molar refractivity (Wildman–Crippen MR) is 121 cm³/mol. The van der Waals surface area contributed by atoms with Crippen LogP contribution in [-0.4, -0.2) is 77.3 Å². The first-order chi connectivity index (χ1) is 15.2. The van der Waals surface area contributed by atoms with Gasteiger partial charge in [0, 0.05) is 51.7 Å². The van der Waals surface area contributed by atoms with Gasteiger partial charge in [0.2, 0.25) is 5.95 Å². The van der Waals surface area contributed by atoms with Gasteiger partial charge in [-0.15, -0.1) is 5.10 Å². The van der Waals surface area contributed by atoms with Crippen molar-refractivity contribution >= 4 is 27.6 Å². The molecule has 0 aromatic carbocycles. The zero-order valence-corrected chi connectivity index (χ0v) is 19.6. The van der Waals surface area contributed by atoms with Crippen molar-refractivity contribution in [2.24, 2.45) is 0 Å². The summed E-state index contributed by atoms with van der Waals surface area (Å²) in [6.07, 6.45) is 10.9. The molecule has 0 amide bonds. The fourth-order valence-corrected chi connectivity index (χ4v) is 4.46. The topological polar surface area (TPSA) is 86.6 Å². The minimum atomic E-state index is 0.375. The molecule has 2 fully saturated rings. The molecular weight excluding hydrogens is 464 g/mol. The van der Waals surface area contributed by atoms with Crippen molar-refractivity contribution in [1.82, 2.24) is 24.6 Å². The molecule has 1 saturated carbocycles. The van der Waals surface area contributed by atoms with Crippen LogP contribution in [0.3, 0.4) is 0 Å². The van der Waals surface area contributed by atoms with Crippen molar-refractivity contribution in [3.63, 3.8) is 0 Å². The highest BCUT2D eigenvalue weighted by Gasteiger charge is 2.28. The standard InChI is InChI=1S/C21H31BrN6O3/c1-29-9-2-10-31-20-19(25-21-23-13-16(22)14-24-21)15-28(26-20)18-5-3-17(4-6-18)27-7-11-30-12-8-27/h13-15,17-18H,2-12H2,1H3,(H,23,24,25). The smallest absolute Gasteiger partial charge is 0.256 e. The van der Waals surface area contributed by atoms with Gasteiger partial charge in [0.1, 0.15) is 5.69 Å². The summed E-state index contributed by atoms with van der Waals surface area (Å²) in [6, 6.07) is 1.04. The quantitative estimate of drug-likeness (QED) is 0.530. The van der Waals surface area contributed by atoms with Crippen LogP contribution in [0.25, 0.3) is 0 Å². The highest BCUT2D eigenvalue weighted by molar-refractivity contribution is 9.10. The van der Waals surface area contributed by atoms with Crippen molar-refractivity contribution in [2.75, 3.05) is 51.9 Å². The molecule has 0 unspecified atom stereocenters. The average Bonchev–Trinajstić information content (AvgIpc) is 3.21. The van der Waals surface area contributed by atoms with E-state index >= 15 is 0 Å². The Morgan fingerprint density at radius 1 is 1.10 bits per heavy atom. The van der Waals surface area contributed by atoms with Crippen molar-refractivity contribution in [3.05, 3.63) is 23.1 Å². The number of morpholine rings is 1. The van der Waals surface area contributed by atoms with Gasteiger partial charge in [0.05, 0.1) is 36.5 Å². The average molecular weight is 495 g/mol. The van der Waals surface area contributed by atoms with Crippen LogP contribution >= 0.6 is 15.9 Å². The van der Waals surface area contributed by atoms with Gasteiger partial charge in [0.25, 0.3) is 5.88 Å². The SMILES string of the molecule is COCCCOc1nn(C2CCC(N3CCOCC3)CC2)cc1Nc1ncc(Br)cn1. The highest BCUT2D eigenvalue weighted by atomic mass is 79.9. The maximum atomic E-state index is 5.96. The Hall–Kier alpha value is -1.75. The van der Waals surface area contributed by atoms with Gasteiger partial charge in [-0.3, -0.25) is 9.58 Å². The summed E-state index contributed by atoms with van der Waals surface area (Å²) in [5.41, 5.74) is 0.787. The second kappa shape index (κ2) is 11.2. The molecule has 0 spiro atoms. The molecular formula is C21H31BrN6O3. The third kappa shape index (κ3) is 6.15. The van der Waals surface area contributed by atoms with E-state index in [-0.39, 0.29) is 0 Å². The third-order valence-electron chi connectivity index (χ3n) is 5.90. The van der Waals surface area contributed by atoms with Crippen molar-refractivity contribution in [3.8, 4) is 5.88 Å². The lowest BCUT2D eigenvalue weighted by Gasteiger charge is -2.38. The van der Waals surface area contributed by atoms with Crippen LogP contribution in [0.4, 0.5) is 11.6 Å². The second-order valence-electron chi connectivity index (χ2n) is 7.98. The van der Waals surface area contributed by atoms with E-state index < -0.39 is 0 Å². The van der Waals surface area contributed by atoms with Gasteiger partial charge < -0.3 is 19.5 Å². The third-order valence-corrected chi connectivity index (χ3v) is 6.31. The van der Waals surface area contributed by atoms with Crippen LogP contribution in [0.1, 0.15) is 38.1 Å². The van der Waals surface area contributed by atoms with Crippen LogP contribution in [0.15, 0.2) is 23.1 Å². The predicted octanol–water partition coefficient (Wildman–Crippen LogP) is 3.41. The number of nitrogens with one attached hydrogen (secondary N) is 1. The van der Waals surface area contributed by atoms with Crippen molar-refractivity contribution in [1.29, 1.82) is 0 Å². The molecule has 10 heteroatoms. The zero-order chi connectivity index (χ0) is 21.5. The molecule has 2 aromatic heterocycles. The van der Waals surface area contributed by atoms with E-state index in [2.05, 4.69) is 40.8 Å². The first-order valence-corrected chi connectivity index (χ1v) is 11.8. The molecule has 1 aliphatic carbocycles. The molecule has 1 N–H and O–H groups in total. The zero-order valence-electron chi connectivity index (χ0n) is 18.0. The second-order valence-corrected chi connectivity index (χ2v) is 8.90. The van der Waals surface area contributed by atoms with E-state index in [4.69, 9.17) is 19.3 Å². The Bertz CT molecular complexity index is 804. The number of ether oxygens (including phenoxy) is 3. The van der Waals surface area contributed by atoms with Gasteiger partial charge in [-0.05, 0) is 41.6 Å². The van der Waals surface area contributed by atoms with Gasteiger partial charge >= 0.3 is 0 Å². The molecule has 3 heterocycles. The van der Waals surface area contributed by atoms with E-state index in [1.807, 2.05) is 6.20 Å². The van der Waals surface area contributed by atoms with Crippen molar-refractivity contribution in [2.45, 2.75) is 44.2 Å². The first-order valence-electron chi connectivity index (χ1n) is 11.0. The number of nitrogens with zero attached hydrogens (tertiary/aromatic N) is 5. The molecule has 170 valence electrons. The van der Waals surface area contributed by atoms with E-state index in [1.54, 1.807) is 19.5 Å². The molecule has 0 atom stereocenters. The number of rotatable bonds is 9. The maximum absolute atomic E-state index is 5.96. The van der Waals surface area contributed by atoms with Crippen LogP contribution < -0.4 is 10.1 Å². The number of hydrogen-bond donors (Lipinski definition) is 1. The van der Waals surface area contributed by atoms with Crippen LogP contribution in [0, 0.1) is 0 Å². The summed E-state index contributed by atoms with van der Waals surface area (Å²) < 4.78 is 19.5. The Balaban J connectivity index is 1.41. The molecule has 0 bridgehead atoms. The molecule has 2 aliphatic rings. The monoisotopic (exact) mass is 494 g/mol. The molecule has 2 aromatic rings. The van der Waals surface area contributed by atoms with Gasteiger partial charge in [-0.2, -0.15) is 0 Å². The fourth-order valence-electron chi connectivity index (χ4n) is 4.25. The van der Waals surface area contributed by atoms with Gasteiger partial charge in [-0.1, -0.05) is 0 Å². The minimum absolute atomic E-state index is 0.375. The Morgan fingerprint density at radius 3 is 2.52 bits per heavy atom. The highest BCUT2D eigenvalue weighted by Crippen LogP contribution is 2.34. The fraction of sp³-hybridized carbons (Fsp3) is 0.667. The van der Waals surface area contributed by atoms with Crippen LogP contribution in [-0.2, 0) is 9.47 Å². The normalized spacial score (nSPS) is 22.4.